The Bertz CT molecular complexity index is 386. The number of hydrogen-bond acceptors (Lipinski definition) is 2. The molecule has 2 nitrogen and oxygen atoms in total. The fourth-order valence-electron chi connectivity index (χ4n) is 3.72. The third-order valence-electron chi connectivity index (χ3n) is 4.41. The molecule has 1 saturated heterocycles. The molecule has 0 saturated carbocycles. The molecule has 2 aliphatic rings. The van der Waals surface area contributed by atoms with Gasteiger partial charge in [0.2, 0.25) is 0 Å². The van der Waals surface area contributed by atoms with Crippen molar-refractivity contribution in [2.45, 2.75) is 51.0 Å². The lowest BCUT2D eigenvalue weighted by atomic mass is 9.76. The minimum Gasteiger partial charge on any atom is -0.300 e. The Hall–Kier alpha value is -0.890. The van der Waals surface area contributed by atoms with Gasteiger partial charge in [-0.25, -0.2) is 0 Å². The van der Waals surface area contributed by atoms with Crippen LogP contribution in [0.4, 0.5) is 0 Å². The van der Waals surface area contributed by atoms with Crippen LogP contribution in [0.25, 0.3) is 0 Å². The maximum Gasteiger partial charge on any atom is 0.0439 e. The zero-order chi connectivity index (χ0) is 11.7. The quantitative estimate of drug-likeness (QED) is 0.776. The predicted molar refractivity (Wildman–Crippen MR) is 70.2 cm³/mol. The van der Waals surface area contributed by atoms with E-state index >= 15 is 0 Å². The molecule has 0 N–H and O–H groups in total. The van der Waals surface area contributed by atoms with Gasteiger partial charge >= 0.3 is 0 Å². The normalized spacial score (nSPS) is 28.5. The van der Waals surface area contributed by atoms with Crippen molar-refractivity contribution in [2.75, 3.05) is 13.1 Å². The molecule has 2 heterocycles. The Labute approximate surface area is 104 Å². The van der Waals surface area contributed by atoms with Gasteiger partial charge in [0.05, 0.1) is 0 Å². The van der Waals surface area contributed by atoms with E-state index < -0.39 is 0 Å². The van der Waals surface area contributed by atoms with Crippen LogP contribution in [0.5, 0.6) is 0 Å². The van der Waals surface area contributed by atoms with Gasteiger partial charge in [0.1, 0.15) is 0 Å². The van der Waals surface area contributed by atoms with Crippen LogP contribution in [0.15, 0.2) is 18.3 Å². The largest absolute Gasteiger partial charge is 0.300 e. The summed E-state index contributed by atoms with van der Waals surface area (Å²) >= 11 is 0. The van der Waals surface area contributed by atoms with Crippen LogP contribution >= 0.6 is 0 Å². The summed E-state index contributed by atoms with van der Waals surface area (Å²) in [5.74, 6) is 0.757. The van der Waals surface area contributed by atoms with Crippen molar-refractivity contribution in [3.8, 4) is 0 Å². The number of fused-ring (bicyclic) bond motifs is 3. The number of hydrogen-bond donors (Lipinski definition) is 0. The zero-order valence-corrected chi connectivity index (χ0v) is 10.7. The number of piperidine rings is 1. The SMILES string of the molecule is CCCN1CCC[C@@H]2c3cccnc3CC[C@H]21. The Morgan fingerprint density at radius 2 is 2.35 bits per heavy atom. The summed E-state index contributed by atoms with van der Waals surface area (Å²) < 4.78 is 0. The van der Waals surface area contributed by atoms with Gasteiger partial charge in [0, 0.05) is 23.9 Å². The van der Waals surface area contributed by atoms with Crippen LogP contribution in [-0.4, -0.2) is 29.0 Å². The number of pyridine rings is 1. The monoisotopic (exact) mass is 230 g/mol. The van der Waals surface area contributed by atoms with Gasteiger partial charge in [0.15, 0.2) is 0 Å². The Morgan fingerprint density at radius 1 is 1.41 bits per heavy atom. The van der Waals surface area contributed by atoms with Gasteiger partial charge in [-0.3, -0.25) is 9.88 Å². The van der Waals surface area contributed by atoms with E-state index in [1.807, 2.05) is 6.20 Å². The summed E-state index contributed by atoms with van der Waals surface area (Å²) in [6.45, 7) is 4.88. The second-order valence-electron chi connectivity index (χ2n) is 5.43. The van der Waals surface area contributed by atoms with Crippen molar-refractivity contribution in [1.82, 2.24) is 9.88 Å². The number of aromatic nitrogens is 1. The average Bonchev–Trinajstić information content (AvgIpc) is 2.39. The first-order chi connectivity index (χ1) is 8.40. The van der Waals surface area contributed by atoms with E-state index in [9.17, 15) is 0 Å². The van der Waals surface area contributed by atoms with Crippen molar-refractivity contribution in [2.24, 2.45) is 0 Å². The highest BCUT2D eigenvalue weighted by atomic mass is 15.2. The second-order valence-corrected chi connectivity index (χ2v) is 5.43. The van der Waals surface area contributed by atoms with E-state index in [1.54, 1.807) is 5.56 Å². The van der Waals surface area contributed by atoms with Gasteiger partial charge < -0.3 is 0 Å². The van der Waals surface area contributed by atoms with Crippen LogP contribution in [0, 0.1) is 0 Å². The Morgan fingerprint density at radius 3 is 3.24 bits per heavy atom. The standard InChI is InChI=1S/C15H22N2/c1-2-10-17-11-4-6-13-12-5-3-9-16-14(12)7-8-15(13)17/h3,5,9,13,15H,2,4,6-8,10-11H2,1H3/t13-,15-/m1/s1. The molecule has 2 heteroatoms. The lowest BCUT2D eigenvalue weighted by Crippen LogP contribution is -2.46. The van der Waals surface area contributed by atoms with Crippen molar-refractivity contribution in [3.63, 3.8) is 0 Å². The van der Waals surface area contributed by atoms with Crippen LogP contribution in [0.2, 0.25) is 0 Å². The molecule has 0 bridgehead atoms. The topological polar surface area (TPSA) is 16.1 Å². The molecule has 0 aromatic carbocycles. The van der Waals surface area contributed by atoms with Crippen LogP contribution < -0.4 is 0 Å². The number of rotatable bonds is 2. The highest BCUT2D eigenvalue weighted by molar-refractivity contribution is 5.29. The third-order valence-corrected chi connectivity index (χ3v) is 4.41. The summed E-state index contributed by atoms with van der Waals surface area (Å²) in [6, 6.07) is 5.22. The third kappa shape index (κ3) is 1.99. The first-order valence-electron chi connectivity index (χ1n) is 7.08. The molecule has 1 fully saturated rings. The highest BCUT2D eigenvalue weighted by Crippen LogP contribution is 2.39. The van der Waals surface area contributed by atoms with E-state index in [2.05, 4.69) is 28.9 Å². The van der Waals surface area contributed by atoms with Gasteiger partial charge in [-0.15, -0.1) is 0 Å². The lowest BCUT2D eigenvalue weighted by Gasteiger charge is -2.44. The molecule has 2 atom stereocenters. The van der Waals surface area contributed by atoms with Crippen molar-refractivity contribution in [1.29, 1.82) is 0 Å². The maximum atomic E-state index is 4.56. The molecular weight excluding hydrogens is 208 g/mol. The van der Waals surface area contributed by atoms with Crippen molar-refractivity contribution in [3.05, 3.63) is 29.6 Å². The second kappa shape index (κ2) is 4.77. The molecule has 1 aromatic rings. The molecule has 0 amide bonds. The molecule has 92 valence electrons. The minimum atomic E-state index is 0.757. The first-order valence-corrected chi connectivity index (χ1v) is 7.08. The minimum absolute atomic E-state index is 0.757. The van der Waals surface area contributed by atoms with E-state index in [0.717, 1.165) is 12.0 Å². The van der Waals surface area contributed by atoms with Gasteiger partial charge in [0.25, 0.3) is 0 Å². The summed E-state index contributed by atoms with van der Waals surface area (Å²) in [6.07, 6.45) is 8.44. The van der Waals surface area contributed by atoms with E-state index in [1.165, 1.54) is 50.9 Å². The van der Waals surface area contributed by atoms with Crippen molar-refractivity contribution < 1.29 is 0 Å². The predicted octanol–water partition coefficient (Wildman–Crippen LogP) is 2.99. The molecule has 1 aliphatic heterocycles. The number of nitrogens with zero attached hydrogens (tertiary/aromatic N) is 2. The highest BCUT2D eigenvalue weighted by Gasteiger charge is 2.35. The molecule has 0 unspecified atom stereocenters. The lowest BCUT2D eigenvalue weighted by molar-refractivity contribution is 0.112. The van der Waals surface area contributed by atoms with Crippen LogP contribution in [-0.2, 0) is 6.42 Å². The molecule has 0 radical (unpaired) electrons. The van der Waals surface area contributed by atoms with E-state index in [4.69, 9.17) is 0 Å². The van der Waals surface area contributed by atoms with Crippen LogP contribution in [0.1, 0.15) is 49.8 Å². The smallest absolute Gasteiger partial charge is 0.0439 e. The summed E-state index contributed by atoms with van der Waals surface area (Å²) in [5, 5.41) is 0. The molecule has 17 heavy (non-hydrogen) atoms. The molecular formula is C15H22N2. The number of likely N-dealkylation sites (tertiary alicyclic amines) is 1. The average molecular weight is 230 g/mol. The molecule has 1 aromatic heterocycles. The first kappa shape index (κ1) is 11.2. The Balaban J connectivity index is 1.88. The molecule has 3 rings (SSSR count). The fourth-order valence-corrected chi connectivity index (χ4v) is 3.72. The van der Waals surface area contributed by atoms with Crippen molar-refractivity contribution >= 4 is 0 Å². The van der Waals surface area contributed by atoms with Gasteiger partial charge in [-0.2, -0.15) is 0 Å². The number of aryl methyl sites for hydroxylation is 1. The van der Waals surface area contributed by atoms with Crippen LogP contribution in [0.3, 0.4) is 0 Å². The molecule has 0 spiro atoms. The Kier molecular flexibility index (Phi) is 3.15. The van der Waals surface area contributed by atoms with Gasteiger partial charge in [-0.1, -0.05) is 13.0 Å². The fraction of sp³-hybridized carbons (Fsp3) is 0.667. The summed E-state index contributed by atoms with van der Waals surface area (Å²) in [7, 11) is 0. The summed E-state index contributed by atoms with van der Waals surface area (Å²) in [4.78, 5) is 7.29. The van der Waals surface area contributed by atoms with E-state index in [0.29, 0.717) is 0 Å². The maximum absolute atomic E-state index is 4.56. The molecule has 1 aliphatic carbocycles. The zero-order valence-electron chi connectivity index (χ0n) is 10.7. The summed E-state index contributed by atoms with van der Waals surface area (Å²) in [5.41, 5.74) is 2.91. The van der Waals surface area contributed by atoms with E-state index in [-0.39, 0.29) is 0 Å². The van der Waals surface area contributed by atoms with Gasteiger partial charge in [-0.05, 0) is 56.8 Å².